The van der Waals surface area contributed by atoms with Crippen molar-refractivity contribution in [2.24, 2.45) is 0 Å². The maximum Gasteiger partial charge on any atom is 0.223 e. The molecule has 1 unspecified atom stereocenters. The molecular formula is C10H17N3O. The topological polar surface area (TPSA) is 58.0 Å². The van der Waals surface area contributed by atoms with Crippen LogP contribution in [0.3, 0.4) is 0 Å². The third kappa shape index (κ3) is 3.30. The number of aryl methyl sites for hydroxylation is 1. The van der Waals surface area contributed by atoms with E-state index in [0.717, 1.165) is 18.5 Å². The number of aliphatic hydroxyl groups excluding tert-OH is 1. The molecule has 0 aliphatic rings. The summed E-state index contributed by atoms with van der Waals surface area (Å²) in [5.41, 5.74) is 0.946. The predicted octanol–water partition coefficient (Wildman–Crippen LogP) is 1.36. The van der Waals surface area contributed by atoms with E-state index < -0.39 is 0 Å². The van der Waals surface area contributed by atoms with Crippen molar-refractivity contribution in [1.82, 2.24) is 9.97 Å². The second kappa shape index (κ2) is 5.54. The Balaban J connectivity index is 2.57. The van der Waals surface area contributed by atoms with Gasteiger partial charge in [0.15, 0.2) is 0 Å². The average Bonchev–Trinajstić information content (AvgIpc) is 2.17. The molecule has 0 aliphatic carbocycles. The van der Waals surface area contributed by atoms with Crippen LogP contribution >= 0.6 is 0 Å². The Labute approximate surface area is 84.4 Å². The van der Waals surface area contributed by atoms with Gasteiger partial charge in [0.25, 0.3) is 0 Å². The molecular weight excluding hydrogens is 178 g/mol. The summed E-state index contributed by atoms with van der Waals surface area (Å²) in [6.07, 6.45) is 3.42. The molecule has 1 aromatic heterocycles. The molecule has 4 heteroatoms. The average molecular weight is 195 g/mol. The second-order valence-electron chi connectivity index (χ2n) is 3.28. The van der Waals surface area contributed by atoms with Crippen LogP contribution < -0.4 is 5.32 Å². The summed E-state index contributed by atoms with van der Waals surface area (Å²) in [6.45, 7) is 4.19. The van der Waals surface area contributed by atoms with E-state index in [9.17, 15) is 0 Å². The lowest BCUT2D eigenvalue weighted by atomic mass is 10.2. The quantitative estimate of drug-likeness (QED) is 0.744. The van der Waals surface area contributed by atoms with Crippen LogP contribution in [0.25, 0.3) is 0 Å². The molecule has 0 saturated carbocycles. The molecule has 1 heterocycles. The van der Waals surface area contributed by atoms with Gasteiger partial charge in [-0.2, -0.15) is 0 Å². The van der Waals surface area contributed by atoms with E-state index in [-0.39, 0.29) is 12.6 Å². The molecule has 0 bridgehead atoms. The van der Waals surface area contributed by atoms with Gasteiger partial charge in [-0.25, -0.2) is 9.97 Å². The first-order valence-corrected chi connectivity index (χ1v) is 4.93. The van der Waals surface area contributed by atoms with Gasteiger partial charge in [-0.3, -0.25) is 0 Å². The fourth-order valence-corrected chi connectivity index (χ4v) is 1.24. The lowest BCUT2D eigenvalue weighted by Crippen LogP contribution is -2.21. The molecule has 0 fully saturated rings. The third-order valence-corrected chi connectivity index (χ3v) is 2.10. The smallest absolute Gasteiger partial charge is 0.223 e. The fourth-order valence-electron chi connectivity index (χ4n) is 1.24. The van der Waals surface area contributed by atoms with Crippen LogP contribution in [-0.4, -0.2) is 27.7 Å². The largest absolute Gasteiger partial charge is 0.396 e. The van der Waals surface area contributed by atoms with Crippen LogP contribution in [-0.2, 0) is 0 Å². The van der Waals surface area contributed by atoms with Gasteiger partial charge in [0, 0.05) is 24.5 Å². The molecule has 0 spiro atoms. The molecule has 0 amide bonds. The van der Waals surface area contributed by atoms with Crippen molar-refractivity contribution in [2.75, 3.05) is 11.9 Å². The summed E-state index contributed by atoms with van der Waals surface area (Å²) in [5.74, 6) is 0.644. The fraction of sp³-hybridized carbons (Fsp3) is 0.600. The molecule has 1 rings (SSSR count). The summed E-state index contributed by atoms with van der Waals surface area (Å²) >= 11 is 0. The minimum absolute atomic E-state index is 0.192. The van der Waals surface area contributed by atoms with Crippen molar-refractivity contribution >= 4 is 5.95 Å². The van der Waals surface area contributed by atoms with Crippen LogP contribution in [0, 0.1) is 6.92 Å². The monoisotopic (exact) mass is 195 g/mol. The highest BCUT2D eigenvalue weighted by atomic mass is 16.3. The highest BCUT2D eigenvalue weighted by molar-refractivity contribution is 5.26. The number of hydrogen-bond donors (Lipinski definition) is 2. The molecule has 4 nitrogen and oxygen atoms in total. The second-order valence-corrected chi connectivity index (χ2v) is 3.28. The Morgan fingerprint density at radius 1 is 1.57 bits per heavy atom. The van der Waals surface area contributed by atoms with Crippen molar-refractivity contribution in [3.8, 4) is 0 Å². The summed E-state index contributed by atoms with van der Waals surface area (Å²) in [4.78, 5) is 8.35. The Hall–Kier alpha value is -1.16. The molecule has 0 aliphatic heterocycles. The van der Waals surface area contributed by atoms with Crippen LogP contribution in [0.2, 0.25) is 0 Å². The van der Waals surface area contributed by atoms with Crippen LogP contribution in [0.1, 0.15) is 25.5 Å². The van der Waals surface area contributed by atoms with E-state index in [0.29, 0.717) is 5.95 Å². The van der Waals surface area contributed by atoms with Crippen molar-refractivity contribution in [2.45, 2.75) is 32.7 Å². The minimum atomic E-state index is 0.192. The molecule has 0 aromatic carbocycles. The molecule has 78 valence electrons. The first-order chi connectivity index (χ1) is 6.76. The molecule has 0 radical (unpaired) electrons. The van der Waals surface area contributed by atoms with Crippen molar-refractivity contribution < 1.29 is 5.11 Å². The van der Waals surface area contributed by atoms with E-state index in [1.165, 1.54) is 0 Å². The third-order valence-electron chi connectivity index (χ3n) is 2.10. The van der Waals surface area contributed by atoms with Gasteiger partial charge in [-0.15, -0.1) is 0 Å². The normalized spacial score (nSPS) is 12.5. The summed E-state index contributed by atoms with van der Waals surface area (Å²) in [7, 11) is 0. The Bertz CT molecular complexity index is 278. The highest BCUT2D eigenvalue weighted by Gasteiger charge is 2.06. The van der Waals surface area contributed by atoms with E-state index in [1.54, 1.807) is 6.20 Å². The van der Waals surface area contributed by atoms with E-state index in [4.69, 9.17) is 5.11 Å². The van der Waals surface area contributed by atoms with E-state index >= 15 is 0 Å². The SMILES string of the molecule is CCC(CCO)Nc1nccc(C)n1. The lowest BCUT2D eigenvalue weighted by molar-refractivity contribution is 0.278. The van der Waals surface area contributed by atoms with Gasteiger partial charge in [0.05, 0.1) is 0 Å². The van der Waals surface area contributed by atoms with Crippen LogP contribution in [0.4, 0.5) is 5.95 Å². The summed E-state index contributed by atoms with van der Waals surface area (Å²) in [5, 5.41) is 12.0. The highest BCUT2D eigenvalue weighted by Crippen LogP contribution is 2.06. The first kappa shape index (κ1) is 10.9. The van der Waals surface area contributed by atoms with Crippen molar-refractivity contribution in [1.29, 1.82) is 0 Å². The Morgan fingerprint density at radius 3 is 2.93 bits per heavy atom. The predicted molar refractivity (Wildman–Crippen MR) is 56.2 cm³/mol. The number of nitrogens with zero attached hydrogens (tertiary/aromatic N) is 2. The molecule has 0 saturated heterocycles. The minimum Gasteiger partial charge on any atom is -0.396 e. The zero-order valence-corrected chi connectivity index (χ0v) is 8.70. The Kier molecular flexibility index (Phi) is 4.32. The number of aromatic nitrogens is 2. The standard InChI is InChI=1S/C10H17N3O/c1-3-9(5-7-14)13-10-11-6-4-8(2)12-10/h4,6,9,14H,3,5,7H2,1-2H3,(H,11,12,13). The number of anilines is 1. The van der Waals surface area contributed by atoms with Crippen molar-refractivity contribution in [3.63, 3.8) is 0 Å². The maximum absolute atomic E-state index is 8.82. The molecule has 1 aromatic rings. The first-order valence-electron chi connectivity index (χ1n) is 4.93. The van der Waals surface area contributed by atoms with Gasteiger partial charge in [-0.05, 0) is 25.8 Å². The number of rotatable bonds is 5. The van der Waals surface area contributed by atoms with E-state index in [2.05, 4.69) is 22.2 Å². The van der Waals surface area contributed by atoms with E-state index in [1.807, 2.05) is 13.0 Å². The number of hydrogen-bond acceptors (Lipinski definition) is 4. The number of nitrogens with one attached hydrogen (secondary N) is 1. The molecule has 2 N–H and O–H groups in total. The lowest BCUT2D eigenvalue weighted by Gasteiger charge is -2.15. The zero-order valence-electron chi connectivity index (χ0n) is 8.70. The molecule has 1 atom stereocenters. The van der Waals surface area contributed by atoms with Crippen molar-refractivity contribution in [3.05, 3.63) is 18.0 Å². The maximum atomic E-state index is 8.82. The van der Waals surface area contributed by atoms with Gasteiger partial charge in [0.1, 0.15) is 0 Å². The van der Waals surface area contributed by atoms with Crippen LogP contribution in [0.15, 0.2) is 12.3 Å². The van der Waals surface area contributed by atoms with Gasteiger partial charge in [-0.1, -0.05) is 6.92 Å². The van der Waals surface area contributed by atoms with Gasteiger partial charge < -0.3 is 10.4 Å². The summed E-state index contributed by atoms with van der Waals surface area (Å²) < 4.78 is 0. The zero-order chi connectivity index (χ0) is 10.4. The van der Waals surface area contributed by atoms with Gasteiger partial charge in [0.2, 0.25) is 5.95 Å². The summed E-state index contributed by atoms with van der Waals surface area (Å²) in [6, 6.07) is 2.11. The number of aliphatic hydroxyl groups is 1. The van der Waals surface area contributed by atoms with Gasteiger partial charge >= 0.3 is 0 Å². The molecule has 14 heavy (non-hydrogen) atoms. The van der Waals surface area contributed by atoms with Crippen LogP contribution in [0.5, 0.6) is 0 Å². The Morgan fingerprint density at radius 2 is 2.36 bits per heavy atom.